The molecule has 1 aliphatic rings. The molecule has 0 unspecified atom stereocenters. The number of ether oxygens (including phenoxy) is 1. The Morgan fingerprint density at radius 2 is 1.78 bits per heavy atom. The molecule has 3 aromatic carbocycles. The van der Waals surface area contributed by atoms with Crippen molar-refractivity contribution in [3.63, 3.8) is 0 Å². The van der Waals surface area contributed by atoms with Crippen molar-refractivity contribution < 1.29 is 23.9 Å². The molecule has 1 fully saturated rings. The van der Waals surface area contributed by atoms with Crippen LogP contribution in [0.4, 0.5) is 16.2 Å². The van der Waals surface area contributed by atoms with Gasteiger partial charge < -0.3 is 10.1 Å². The fraction of sp³-hybridized carbons (Fsp3) is 0.143. The number of amides is 5. The molecule has 8 nitrogen and oxygen atoms in total. The topological polar surface area (TPSA) is 105 Å². The van der Waals surface area contributed by atoms with E-state index in [1.807, 2.05) is 45.0 Å². The maximum absolute atomic E-state index is 13.1. The van der Waals surface area contributed by atoms with E-state index in [2.05, 4.69) is 26.6 Å². The van der Waals surface area contributed by atoms with E-state index in [-0.39, 0.29) is 18.1 Å². The zero-order valence-corrected chi connectivity index (χ0v) is 22.0. The van der Waals surface area contributed by atoms with Gasteiger partial charge in [-0.3, -0.25) is 19.7 Å². The number of carbonyl (C=O) groups excluding carboxylic acids is 4. The predicted molar refractivity (Wildman–Crippen MR) is 144 cm³/mol. The molecule has 1 saturated heterocycles. The van der Waals surface area contributed by atoms with Gasteiger partial charge in [0, 0.05) is 5.69 Å². The second-order valence-corrected chi connectivity index (χ2v) is 9.48. The van der Waals surface area contributed by atoms with Crippen LogP contribution >= 0.6 is 15.9 Å². The van der Waals surface area contributed by atoms with Gasteiger partial charge in [-0.2, -0.15) is 0 Å². The number of barbiturate groups is 1. The highest BCUT2D eigenvalue weighted by Gasteiger charge is 2.36. The number of nitrogens with zero attached hydrogens (tertiary/aromatic N) is 1. The lowest BCUT2D eigenvalue weighted by atomic mass is 10.1. The van der Waals surface area contributed by atoms with Gasteiger partial charge in [0.1, 0.15) is 11.3 Å². The first-order valence-corrected chi connectivity index (χ1v) is 12.2. The molecule has 0 radical (unpaired) electrons. The number of aryl methyl sites for hydroxylation is 3. The Labute approximate surface area is 222 Å². The minimum Gasteiger partial charge on any atom is -0.483 e. The molecule has 9 heteroatoms. The molecule has 0 saturated carbocycles. The van der Waals surface area contributed by atoms with Gasteiger partial charge >= 0.3 is 6.03 Å². The fourth-order valence-corrected chi connectivity index (χ4v) is 4.22. The molecule has 0 spiro atoms. The van der Waals surface area contributed by atoms with E-state index >= 15 is 0 Å². The van der Waals surface area contributed by atoms with Crippen LogP contribution in [-0.2, 0) is 14.4 Å². The molecule has 4 rings (SSSR count). The third-order valence-electron chi connectivity index (χ3n) is 5.78. The van der Waals surface area contributed by atoms with Crippen LogP contribution in [0.25, 0.3) is 6.08 Å². The standard InChI is InChI=1S/C28H24BrN3O5/c1-16-5-4-6-20(11-16)30-25(33)15-37-24-10-8-19(14-23(24)29)13-22-26(34)31-28(36)32(27(22)35)21-9-7-17(2)18(3)12-21/h4-14H,15H2,1-3H3,(H,30,33)(H,31,34,36)/b22-13+. The molecule has 3 aromatic rings. The summed E-state index contributed by atoms with van der Waals surface area (Å²) in [6.45, 7) is 5.53. The Morgan fingerprint density at radius 3 is 2.49 bits per heavy atom. The quantitative estimate of drug-likeness (QED) is 0.323. The highest BCUT2D eigenvalue weighted by atomic mass is 79.9. The van der Waals surface area contributed by atoms with E-state index in [1.165, 1.54) is 6.08 Å². The second kappa shape index (κ2) is 10.8. The first kappa shape index (κ1) is 25.8. The zero-order chi connectivity index (χ0) is 26.7. The molecule has 0 aromatic heterocycles. The highest BCUT2D eigenvalue weighted by molar-refractivity contribution is 9.10. The Bertz CT molecular complexity index is 1460. The van der Waals surface area contributed by atoms with Crippen LogP contribution in [0.2, 0.25) is 0 Å². The lowest BCUT2D eigenvalue weighted by molar-refractivity contribution is -0.122. The van der Waals surface area contributed by atoms with Crippen LogP contribution in [0, 0.1) is 20.8 Å². The van der Waals surface area contributed by atoms with Gasteiger partial charge in [0.05, 0.1) is 10.2 Å². The van der Waals surface area contributed by atoms with Gasteiger partial charge in [-0.25, -0.2) is 9.69 Å². The molecule has 1 aliphatic heterocycles. The summed E-state index contributed by atoms with van der Waals surface area (Å²) in [6, 6.07) is 16.7. The number of imide groups is 2. The summed E-state index contributed by atoms with van der Waals surface area (Å²) in [4.78, 5) is 51.3. The number of carbonyl (C=O) groups is 4. The van der Waals surface area contributed by atoms with Crippen molar-refractivity contribution in [2.24, 2.45) is 0 Å². The summed E-state index contributed by atoms with van der Waals surface area (Å²) in [5, 5.41) is 5.00. The Hall–Kier alpha value is -4.24. The van der Waals surface area contributed by atoms with Crippen LogP contribution in [0.1, 0.15) is 22.3 Å². The van der Waals surface area contributed by atoms with Crippen LogP contribution < -0.4 is 20.3 Å². The van der Waals surface area contributed by atoms with Gasteiger partial charge in [-0.1, -0.05) is 24.3 Å². The van der Waals surface area contributed by atoms with Gasteiger partial charge in [-0.05, 0) is 101 Å². The zero-order valence-electron chi connectivity index (χ0n) is 20.4. The lowest BCUT2D eigenvalue weighted by Crippen LogP contribution is -2.54. The van der Waals surface area contributed by atoms with Crippen molar-refractivity contribution in [3.05, 3.63) is 93.0 Å². The van der Waals surface area contributed by atoms with Gasteiger partial charge in [0.15, 0.2) is 6.61 Å². The second-order valence-electron chi connectivity index (χ2n) is 8.62. The maximum atomic E-state index is 13.1. The number of rotatable bonds is 6. The normalized spacial score (nSPS) is 14.5. The summed E-state index contributed by atoms with van der Waals surface area (Å²) >= 11 is 3.41. The molecule has 2 N–H and O–H groups in total. The van der Waals surface area contributed by atoms with Crippen molar-refractivity contribution in [2.45, 2.75) is 20.8 Å². The van der Waals surface area contributed by atoms with Crippen molar-refractivity contribution in [1.82, 2.24) is 5.32 Å². The van der Waals surface area contributed by atoms with E-state index in [0.717, 1.165) is 21.6 Å². The molecule has 5 amide bonds. The fourth-order valence-electron chi connectivity index (χ4n) is 3.71. The average Bonchev–Trinajstić information content (AvgIpc) is 2.83. The number of urea groups is 1. The molecule has 0 atom stereocenters. The Morgan fingerprint density at radius 1 is 1.00 bits per heavy atom. The SMILES string of the molecule is Cc1cccc(NC(=O)COc2ccc(/C=C3\C(=O)NC(=O)N(c4ccc(C)c(C)c4)C3=O)cc2Br)c1. The summed E-state index contributed by atoms with van der Waals surface area (Å²) < 4.78 is 6.14. The van der Waals surface area contributed by atoms with Crippen molar-refractivity contribution in [3.8, 4) is 5.75 Å². The van der Waals surface area contributed by atoms with Gasteiger partial charge in [-0.15, -0.1) is 0 Å². The molecule has 188 valence electrons. The molecular formula is C28H24BrN3O5. The maximum Gasteiger partial charge on any atom is 0.335 e. The first-order chi connectivity index (χ1) is 17.6. The molecule has 0 aliphatic carbocycles. The Balaban J connectivity index is 1.49. The number of hydrogen-bond donors (Lipinski definition) is 2. The monoisotopic (exact) mass is 561 g/mol. The lowest BCUT2D eigenvalue weighted by Gasteiger charge is -2.26. The number of nitrogens with one attached hydrogen (secondary N) is 2. The minimum atomic E-state index is -0.802. The van der Waals surface area contributed by atoms with Crippen LogP contribution in [-0.4, -0.2) is 30.4 Å². The third kappa shape index (κ3) is 5.95. The van der Waals surface area contributed by atoms with Crippen molar-refractivity contribution in [2.75, 3.05) is 16.8 Å². The van der Waals surface area contributed by atoms with Crippen molar-refractivity contribution >= 4 is 57.1 Å². The molecular weight excluding hydrogens is 538 g/mol. The minimum absolute atomic E-state index is 0.184. The molecule has 0 bridgehead atoms. The number of halogens is 1. The molecule has 1 heterocycles. The predicted octanol–water partition coefficient (Wildman–Crippen LogP) is 5.06. The van der Waals surface area contributed by atoms with Gasteiger partial charge in [0.2, 0.25) is 0 Å². The third-order valence-corrected chi connectivity index (χ3v) is 6.40. The van der Waals surface area contributed by atoms with E-state index in [1.54, 1.807) is 36.4 Å². The number of benzene rings is 3. The van der Waals surface area contributed by atoms with E-state index in [9.17, 15) is 19.2 Å². The van der Waals surface area contributed by atoms with E-state index < -0.39 is 17.8 Å². The average molecular weight is 562 g/mol. The van der Waals surface area contributed by atoms with E-state index in [0.29, 0.717) is 27.2 Å². The highest BCUT2D eigenvalue weighted by Crippen LogP contribution is 2.29. The van der Waals surface area contributed by atoms with E-state index in [4.69, 9.17) is 4.74 Å². The molecule has 37 heavy (non-hydrogen) atoms. The smallest absolute Gasteiger partial charge is 0.335 e. The van der Waals surface area contributed by atoms with Crippen LogP contribution in [0.3, 0.4) is 0 Å². The summed E-state index contributed by atoms with van der Waals surface area (Å²) in [6.07, 6.45) is 1.40. The van der Waals surface area contributed by atoms with Crippen LogP contribution in [0.15, 0.2) is 70.7 Å². The van der Waals surface area contributed by atoms with Crippen LogP contribution in [0.5, 0.6) is 5.75 Å². The summed E-state index contributed by atoms with van der Waals surface area (Å²) in [5.41, 5.74) is 4.34. The summed E-state index contributed by atoms with van der Waals surface area (Å²) in [7, 11) is 0. The van der Waals surface area contributed by atoms with Gasteiger partial charge in [0.25, 0.3) is 17.7 Å². The first-order valence-electron chi connectivity index (χ1n) is 11.4. The number of anilines is 2. The summed E-state index contributed by atoms with van der Waals surface area (Å²) in [5.74, 6) is -1.40. The number of hydrogen-bond acceptors (Lipinski definition) is 5. The Kier molecular flexibility index (Phi) is 7.54. The largest absolute Gasteiger partial charge is 0.483 e. The van der Waals surface area contributed by atoms with Crippen molar-refractivity contribution in [1.29, 1.82) is 0 Å².